The Bertz CT molecular complexity index is 237. The van der Waals surface area contributed by atoms with Crippen LogP contribution in [-0.4, -0.2) is 23.7 Å². The normalized spacial score (nSPS) is 11.1. The van der Waals surface area contributed by atoms with Gasteiger partial charge in [-0.05, 0) is 25.8 Å². The van der Waals surface area contributed by atoms with Crippen LogP contribution in [0.2, 0.25) is 0 Å². The molecule has 5 N–H and O–H groups in total. The van der Waals surface area contributed by atoms with E-state index in [0.717, 1.165) is 19.3 Å². The minimum atomic E-state index is -0.933. The van der Waals surface area contributed by atoms with Gasteiger partial charge in [-0.15, -0.1) is 12.3 Å². The molecule has 0 saturated heterocycles. The van der Waals surface area contributed by atoms with Crippen LogP contribution < -0.4 is 11.5 Å². The van der Waals surface area contributed by atoms with Crippen LogP contribution in [0.4, 0.5) is 0 Å². The topological polar surface area (TPSA) is 89.3 Å². The van der Waals surface area contributed by atoms with Gasteiger partial charge in [0.15, 0.2) is 0 Å². The van der Waals surface area contributed by atoms with Crippen LogP contribution >= 0.6 is 0 Å². The van der Waals surface area contributed by atoms with E-state index in [1.54, 1.807) is 0 Å². The molecule has 1 unspecified atom stereocenters. The van der Waals surface area contributed by atoms with E-state index in [2.05, 4.69) is 12.8 Å². The minimum absolute atomic E-state index is 0.520. The summed E-state index contributed by atoms with van der Waals surface area (Å²) in [6.45, 7) is 2.83. The monoisotopic (exact) mass is 270 g/mol. The van der Waals surface area contributed by atoms with Crippen molar-refractivity contribution in [3.05, 3.63) is 0 Å². The Hall–Kier alpha value is -1.05. The average molecular weight is 270 g/mol. The molecule has 4 nitrogen and oxygen atoms in total. The molecule has 0 heterocycles. The number of nitrogens with two attached hydrogens (primary N) is 2. The van der Waals surface area contributed by atoms with Crippen molar-refractivity contribution >= 4 is 5.97 Å². The van der Waals surface area contributed by atoms with Crippen LogP contribution in [0.3, 0.4) is 0 Å². The van der Waals surface area contributed by atoms with E-state index >= 15 is 0 Å². The molecule has 0 aliphatic heterocycles. The third-order valence-electron chi connectivity index (χ3n) is 2.71. The Kier molecular flexibility index (Phi) is 18.1. The maximum atomic E-state index is 10.1. The molecule has 0 saturated carbocycles. The van der Waals surface area contributed by atoms with Crippen LogP contribution in [0.25, 0.3) is 0 Å². The Balaban J connectivity index is 0. The quantitative estimate of drug-likeness (QED) is 0.420. The van der Waals surface area contributed by atoms with Crippen molar-refractivity contribution in [3.63, 3.8) is 0 Å². The average Bonchev–Trinajstić information content (AvgIpc) is 2.39. The zero-order valence-electron chi connectivity index (χ0n) is 12.2. The fraction of sp³-hybridized carbons (Fsp3) is 0.800. The van der Waals surface area contributed by atoms with Gasteiger partial charge in [0.2, 0.25) is 0 Å². The van der Waals surface area contributed by atoms with Crippen molar-refractivity contribution in [1.29, 1.82) is 0 Å². The van der Waals surface area contributed by atoms with E-state index in [4.69, 9.17) is 23.0 Å². The molecule has 112 valence electrons. The van der Waals surface area contributed by atoms with Crippen LogP contribution in [0.1, 0.15) is 64.7 Å². The molecule has 0 bridgehead atoms. The summed E-state index contributed by atoms with van der Waals surface area (Å²) in [5, 5.41) is 8.33. The molecule has 19 heavy (non-hydrogen) atoms. The first-order chi connectivity index (χ1) is 9.09. The SMILES string of the molecule is C#CCCCCCCC.NCCCCC(N)C(=O)O. The second kappa shape index (κ2) is 16.9. The second-order valence-corrected chi connectivity index (χ2v) is 4.60. The fourth-order valence-corrected chi connectivity index (χ4v) is 1.46. The van der Waals surface area contributed by atoms with Gasteiger partial charge >= 0.3 is 5.97 Å². The van der Waals surface area contributed by atoms with E-state index in [1.807, 2.05) is 0 Å². The predicted octanol–water partition coefficient (Wildman–Crippen LogP) is 2.51. The lowest BCUT2D eigenvalue weighted by Gasteiger charge is -2.03. The number of hydrogen-bond acceptors (Lipinski definition) is 3. The van der Waals surface area contributed by atoms with Gasteiger partial charge in [-0.1, -0.05) is 39.0 Å². The van der Waals surface area contributed by atoms with Crippen LogP contribution in [0.5, 0.6) is 0 Å². The third-order valence-corrected chi connectivity index (χ3v) is 2.71. The fourth-order valence-electron chi connectivity index (χ4n) is 1.46. The Morgan fingerprint density at radius 1 is 1.21 bits per heavy atom. The lowest BCUT2D eigenvalue weighted by molar-refractivity contribution is -0.138. The number of unbranched alkanes of at least 4 members (excludes halogenated alkanes) is 6. The summed E-state index contributed by atoms with van der Waals surface area (Å²) < 4.78 is 0. The smallest absolute Gasteiger partial charge is 0.320 e. The van der Waals surface area contributed by atoms with Gasteiger partial charge in [0.1, 0.15) is 6.04 Å². The van der Waals surface area contributed by atoms with Gasteiger partial charge in [-0.2, -0.15) is 0 Å². The molecule has 0 spiro atoms. The summed E-state index contributed by atoms with van der Waals surface area (Å²) in [7, 11) is 0. The molecule has 0 aliphatic carbocycles. The largest absolute Gasteiger partial charge is 0.480 e. The number of carboxylic acid groups (broad SMARTS) is 1. The van der Waals surface area contributed by atoms with Gasteiger partial charge in [-0.3, -0.25) is 4.79 Å². The minimum Gasteiger partial charge on any atom is -0.480 e. The molecule has 1 atom stereocenters. The maximum absolute atomic E-state index is 10.1. The molecule has 0 aliphatic rings. The second-order valence-electron chi connectivity index (χ2n) is 4.60. The van der Waals surface area contributed by atoms with Crippen LogP contribution in [0.15, 0.2) is 0 Å². The standard InChI is InChI=1S/C9H16.C6H14N2O2/c1-3-5-7-9-8-6-4-2;7-4-2-1-3-5(8)6(9)10/h1H,4-9H2,2H3;5H,1-4,7-8H2,(H,9,10). The van der Waals surface area contributed by atoms with Gasteiger partial charge in [0, 0.05) is 6.42 Å². The summed E-state index contributed by atoms with van der Waals surface area (Å²) in [5.74, 6) is 1.71. The summed E-state index contributed by atoms with van der Waals surface area (Å²) in [5.41, 5.74) is 10.4. The molecule has 0 aromatic heterocycles. The van der Waals surface area contributed by atoms with Crippen molar-refractivity contribution in [2.75, 3.05) is 6.54 Å². The predicted molar refractivity (Wildman–Crippen MR) is 80.7 cm³/mol. The first kappa shape index (κ1) is 20.3. The van der Waals surface area contributed by atoms with E-state index < -0.39 is 12.0 Å². The van der Waals surface area contributed by atoms with Crippen molar-refractivity contribution in [2.45, 2.75) is 70.8 Å². The number of hydrogen-bond donors (Lipinski definition) is 3. The highest BCUT2D eigenvalue weighted by molar-refractivity contribution is 5.72. The summed E-state index contributed by atoms with van der Waals surface area (Å²) in [6, 6.07) is -0.716. The van der Waals surface area contributed by atoms with Crippen molar-refractivity contribution in [1.82, 2.24) is 0 Å². The first-order valence-corrected chi connectivity index (χ1v) is 7.22. The number of rotatable bonds is 10. The highest BCUT2D eigenvalue weighted by Crippen LogP contribution is 2.03. The molecule has 0 rings (SSSR count). The summed E-state index contributed by atoms with van der Waals surface area (Å²) in [4.78, 5) is 10.1. The number of carboxylic acids is 1. The van der Waals surface area contributed by atoms with Crippen molar-refractivity contribution in [3.8, 4) is 12.3 Å². The van der Waals surface area contributed by atoms with Crippen LogP contribution in [0, 0.1) is 12.3 Å². The molecule has 0 fully saturated rings. The number of aliphatic carboxylic acids is 1. The van der Waals surface area contributed by atoms with Gasteiger partial charge in [0.25, 0.3) is 0 Å². The summed E-state index contributed by atoms with van der Waals surface area (Å²) >= 11 is 0. The van der Waals surface area contributed by atoms with E-state index in [0.29, 0.717) is 13.0 Å². The molecular weight excluding hydrogens is 240 g/mol. The summed E-state index contributed by atoms with van der Waals surface area (Å²) in [6.07, 6.45) is 14.8. The van der Waals surface area contributed by atoms with Crippen molar-refractivity contribution < 1.29 is 9.90 Å². The Labute approximate surface area is 117 Å². The molecule has 4 heteroatoms. The van der Waals surface area contributed by atoms with E-state index in [1.165, 1.54) is 32.1 Å². The molecule has 0 radical (unpaired) electrons. The third kappa shape index (κ3) is 19.5. The highest BCUT2D eigenvalue weighted by Gasteiger charge is 2.09. The van der Waals surface area contributed by atoms with E-state index in [-0.39, 0.29) is 0 Å². The van der Waals surface area contributed by atoms with Crippen LogP contribution in [-0.2, 0) is 4.79 Å². The molecular formula is C15H30N2O2. The van der Waals surface area contributed by atoms with Gasteiger partial charge < -0.3 is 16.6 Å². The van der Waals surface area contributed by atoms with Gasteiger partial charge in [-0.25, -0.2) is 0 Å². The first-order valence-electron chi connectivity index (χ1n) is 7.22. The van der Waals surface area contributed by atoms with Gasteiger partial charge in [0.05, 0.1) is 0 Å². The lowest BCUT2D eigenvalue weighted by Crippen LogP contribution is -2.29. The maximum Gasteiger partial charge on any atom is 0.320 e. The Morgan fingerprint density at radius 2 is 1.84 bits per heavy atom. The Morgan fingerprint density at radius 3 is 2.32 bits per heavy atom. The molecule has 0 aromatic carbocycles. The number of terminal acetylenes is 1. The molecule has 0 aromatic rings. The zero-order valence-corrected chi connectivity index (χ0v) is 12.2. The molecule has 0 amide bonds. The lowest BCUT2D eigenvalue weighted by atomic mass is 10.1. The number of carbonyl (C=O) groups is 1. The zero-order chi connectivity index (χ0) is 14.9. The highest BCUT2D eigenvalue weighted by atomic mass is 16.4. The van der Waals surface area contributed by atoms with Crippen molar-refractivity contribution in [2.24, 2.45) is 11.5 Å². The van der Waals surface area contributed by atoms with E-state index in [9.17, 15) is 4.79 Å².